The zero-order chi connectivity index (χ0) is 18.5. The monoisotopic (exact) mass is 412 g/mol. The molecule has 148 valence electrons. The molecule has 1 aromatic carbocycles. The number of hydrogen-bond donors (Lipinski definition) is 1. The van der Waals surface area contributed by atoms with Gasteiger partial charge < -0.3 is 24.8 Å². The molecule has 1 aliphatic heterocycles. The summed E-state index contributed by atoms with van der Waals surface area (Å²) >= 11 is 1.68. The van der Waals surface area contributed by atoms with Crippen molar-refractivity contribution in [2.24, 2.45) is 5.73 Å². The molecule has 0 saturated carbocycles. The highest BCUT2D eigenvalue weighted by atomic mass is 35.5. The van der Waals surface area contributed by atoms with Crippen molar-refractivity contribution in [1.82, 2.24) is 0 Å². The van der Waals surface area contributed by atoms with E-state index in [1.54, 1.807) is 23.3 Å². The number of methoxy groups -OCH3 is 1. The molecule has 1 amide bonds. The number of thiophene rings is 1. The predicted octanol–water partition coefficient (Wildman–Crippen LogP) is 3.15. The molecular weight excluding hydrogens is 388 g/mol. The summed E-state index contributed by atoms with van der Waals surface area (Å²) in [5.41, 5.74) is 6.46. The number of nitrogens with two attached hydrogens (primary N) is 1. The summed E-state index contributed by atoms with van der Waals surface area (Å²) in [4.78, 5) is 17.1. The number of amides is 1. The molecule has 0 saturated heterocycles. The lowest BCUT2D eigenvalue weighted by Gasteiger charge is -2.26. The molecule has 0 aliphatic carbocycles. The Kier molecular flexibility index (Phi) is 7.91. The maximum absolute atomic E-state index is 13.0. The van der Waals surface area contributed by atoms with Gasteiger partial charge >= 0.3 is 0 Å². The fourth-order valence-corrected chi connectivity index (χ4v) is 3.70. The van der Waals surface area contributed by atoms with Crippen LogP contribution in [0.4, 0.5) is 5.69 Å². The number of anilines is 1. The Morgan fingerprint density at radius 1 is 1.26 bits per heavy atom. The van der Waals surface area contributed by atoms with Crippen LogP contribution in [0, 0.1) is 6.92 Å². The van der Waals surface area contributed by atoms with Gasteiger partial charge in [0.05, 0.1) is 19.1 Å². The van der Waals surface area contributed by atoms with Crippen molar-refractivity contribution in [3.63, 3.8) is 0 Å². The average molecular weight is 413 g/mol. The molecule has 1 aromatic heterocycles. The van der Waals surface area contributed by atoms with Crippen molar-refractivity contribution in [3.8, 4) is 11.5 Å². The topological polar surface area (TPSA) is 74.0 Å². The van der Waals surface area contributed by atoms with Crippen LogP contribution >= 0.6 is 23.7 Å². The number of aryl methyl sites for hydroxylation is 1. The van der Waals surface area contributed by atoms with Crippen LogP contribution in [-0.4, -0.2) is 38.9 Å². The van der Waals surface area contributed by atoms with Crippen molar-refractivity contribution >= 4 is 35.3 Å². The Hall–Kier alpha value is -1.80. The summed E-state index contributed by atoms with van der Waals surface area (Å²) in [6, 6.07) is 9.70. The second-order valence-corrected chi connectivity index (χ2v) is 7.49. The van der Waals surface area contributed by atoms with Crippen LogP contribution in [0.25, 0.3) is 0 Å². The van der Waals surface area contributed by atoms with E-state index in [1.165, 1.54) is 4.88 Å². The second-order valence-electron chi connectivity index (χ2n) is 6.12. The van der Waals surface area contributed by atoms with Gasteiger partial charge in [-0.05, 0) is 31.2 Å². The van der Waals surface area contributed by atoms with Gasteiger partial charge in [-0.2, -0.15) is 0 Å². The van der Waals surface area contributed by atoms with Crippen LogP contribution in [0.15, 0.2) is 30.3 Å². The zero-order valence-electron chi connectivity index (χ0n) is 15.5. The van der Waals surface area contributed by atoms with Gasteiger partial charge in [-0.1, -0.05) is 0 Å². The quantitative estimate of drug-likeness (QED) is 0.756. The summed E-state index contributed by atoms with van der Waals surface area (Å²) in [5, 5.41) is 0. The van der Waals surface area contributed by atoms with E-state index in [0.717, 1.165) is 10.6 Å². The largest absolute Gasteiger partial charge is 0.486 e. The summed E-state index contributed by atoms with van der Waals surface area (Å²) in [6.45, 7) is 3.90. The van der Waals surface area contributed by atoms with E-state index in [4.69, 9.17) is 19.9 Å². The SMILES string of the molecule is COC(CN)CC(=O)N(Cc1ccc(C)s1)c1ccc2c(c1)OCCO2.Cl. The molecule has 27 heavy (non-hydrogen) atoms. The minimum Gasteiger partial charge on any atom is -0.486 e. The van der Waals surface area contributed by atoms with Crippen LogP contribution < -0.4 is 20.1 Å². The molecular formula is C19H25ClN2O4S. The summed E-state index contributed by atoms with van der Waals surface area (Å²) in [7, 11) is 1.57. The van der Waals surface area contributed by atoms with Crippen LogP contribution in [0.3, 0.4) is 0 Å². The number of benzene rings is 1. The van der Waals surface area contributed by atoms with E-state index in [9.17, 15) is 4.79 Å². The lowest BCUT2D eigenvalue weighted by molar-refractivity contribution is -0.121. The molecule has 6 nitrogen and oxygen atoms in total. The fraction of sp³-hybridized carbons (Fsp3) is 0.421. The Morgan fingerprint density at radius 2 is 2.00 bits per heavy atom. The van der Waals surface area contributed by atoms with Crippen LogP contribution in [0.2, 0.25) is 0 Å². The van der Waals surface area contributed by atoms with Gasteiger partial charge in [0.25, 0.3) is 0 Å². The highest BCUT2D eigenvalue weighted by Crippen LogP contribution is 2.35. The van der Waals surface area contributed by atoms with Gasteiger partial charge in [-0.15, -0.1) is 23.7 Å². The molecule has 2 aromatic rings. The van der Waals surface area contributed by atoms with Gasteiger partial charge in [0.2, 0.25) is 5.91 Å². The van der Waals surface area contributed by atoms with E-state index >= 15 is 0 Å². The Bertz CT molecular complexity index is 764. The number of nitrogens with zero attached hydrogens (tertiary/aromatic N) is 1. The lowest BCUT2D eigenvalue weighted by atomic mass is 10.2. The first-order valence-corrected chi connectivity index (χ1v) is 9.40. The first-order chi connectivity index (χ1) is 12.6. The smallest absolute Gasteiger partial charge is 0.229 e. The molecule has 2 heterocycles. The maximum Gasteiger partial charge on any atom is 0.229 e. The molecule has 0 fully saturated rings. The molecule has 2 N–H and O–H groups in total. The van der Waals surface area contributed by atoms with Crippen molar-refractivity contribution < 1.29 is 19.0 Å². The number of fused-ring (bicyclic) bond motifs is 1. The van der Waals surface area contributed by atoms with Crippen LogP contribution in [0.1, 0.15) is 16.2 Å². The van der Waals surface area contributed by atoms with E-state index in [0.29, 0.717) is 37.8 Å². The first kappa shape index (κ1) is 21.5. The number of halogens is 1. The minimum atomic E-state index is -0.299. The number of ether oxygens (including phenoxy) is 3. The lowest BCUT2D eigenvalue weighted by Crippen LogP contribution is -2.35. The maximum atomic E-state index is 13.0. The van der Waals surface area contributed by atoms with E-state index in [2.05, 4.69) is 19.1 Å². The molecule has 0 spiro atoms. The Labute approximate surface area is 169 Å². The number of carbonyl (C=O) groups is 1. The van der Waals surface area contributed by atoms with Crippen molar-refractivity contribution in [2.75, 3.05) is 31.8 Å². The molecule has 1 unspecified atom stereocenters. The van der Waals surface area contributed by atoms with E-state index in [-0.39, 0.29) is 30.8 Å². The summed E-state index contributed by atoms with van der Waals surface area (Å²) < 4.78 is 16.5. The molecule has 1 aliphatic rings. The van der Waals surface area contributed by atoms with Gasteiger partial charge in [0.1, 0.15) is 13.2 Å². The Morgan fingerprint density at radius 3 is 2.63 bits per heavy atom. The van der Waals surface area contributed by atoms with Gasteiger partial charge in [0, 0.05) is 35.2 Å². The molecule has 8 heteroatoms. The zero-order valence-corrected chi connectivity index (χ0v) is 17.1. The third kappa shape index (κ3) is 5.35. The second kappa shape index (κ2) is 9.94. The number of hydrogen-bond acceptors (Lipinski definition) is 6. The van der Waals surface area contributed by atoms with Crippen molar-refractivity contribution in [2.45, 2.75) is 26.0 Å². The first-order valence-electron chi connectivity index (χ1n) is 8.59. The van der Waals surface area contributed by atoms with Crippen LogP contribution in [-0.2, 0) is 16.1 Å². The van der Waals surface area contributed by atoms with Crippen molar-refractivity contribution in [1.29, 1.82) is 0 Å². The standard InChI is InChI=1S/C19H24N2O4S.ClH/c1-13-3-5-16(26-13)12-21(19(22)10-15(11-20)23-2)14-4-6-17-18(9-14)25-8-7-24-17;/h3-6,9,15H,7-8,10-12,20H2,1-2H3;1H. The van der Waals surface area contributed by atoms with Crippen molar-refractivity contribution in [3.05, 3.63) is 40.1 Å². The number of carbonyl (C=O) groups excluding carboxylic acids is 1. The highest BCUT2D eigenvalue weighted by molar-refractivity contribution is 7.11. The molecule has 1 atom stereocenters. The van der Waals surface area contributed by atoms with Gasteiger partial charge in [0.15, 0.2) is 11.5 Å². The number of rotatable bonds is 7. The normalized spacial score (nSPS) is 13.6. The third-order valence-corrected chi connectivity index (χ3v) is 5.23. The summed E-state index contributed by atoms with van der Waals surface area (Å²) in [5.74, 6) is 1.33. The molecule has 0 bridgehead atoms. The average Bonchev–Trinajstić information content (AvgIpc) is 3.08. The summed E-state index contributed by atoms with van der Waals surface area (Å²) in [6.07, 6.45) is -0.0708. The van der Waals surface area contributed by atoms with E-state index in [1.807, 2.05) is 18.2 Å². The molecule has 3 rings (SSSR count). The minimum absolute atomic E-state index is 0. The van der Waals surface area contributed by atoms with E-state index < -0.39 is 0 Å². The Balaban J connectivity index is 0.00000261. The third-order valence-electron chi connectivity index (χ3n) is 4.25. The molecule has 0 radical (unpaired) electrons. The fourth-order valence-electron chi connectivity index (χ4n) is 2.82. The van der Waals surface area contributed by atoms with Crippen LogP contribution in [0.5, 0.6) is 11.5 Å². The van der Waals surface area contributed by atoms with Gasteiger partial charge in [-0.25, -0.2) is 0 Å². The highest BCUT2D eigenvalue weighted by Gasteiger charge is 2.23. The predicted molar refractivity (Wildman–Crippen MR) is 109 cm³/mol. The van der Waals surface area contributed by atoms with Gasteiger partial charge in [-0.3, -0.25) is 4.79 Å².